The number of anilines is 1. The SMILES string of the molecule is Nc1ccc(Br)cc1SCC#Cc1ccccc1. The van der Waals surface area contributed by atoms with Gasteiger partial charge < -0.3 is 5.73 Å². The molecule has 1 nitrogen and oxygen atoms in total. The van der Waals surface area contributed by atoms with E-state index in [2.05, 4.69) is 27.8 Å². The first-order valence-corrected chi connectivity index (χ1v) is 7.25. The van der Waals surface area contributed by atoms with E-state index in [1.807, 2.05) is 48.5 Å². The molecule has 0 aliphatic heterocycles. The molecule has 0 atom stereocenters. The summed E-state index contributed by atoms with van der Waals surface area (Å²) in [7, 11) is 0. The normalized spacial score (nSPS) is 9.61. The van der Waals surface area contributed by atoms with Crippen LogP contribution in [0.5, 0.6) is 0 Å². The Morgan fingerprint density at radius 3 is 2.67 bits per heavy atom. The highest BCUT2D eigenvalue weighted by Gasteiger charge is 1.99. The van der Waals surface area contributed by atoms with Crippen LogP contribution in [0.15, 0.2) is 57.9 Å². The Bertz CT molecular complexity index is 584. The van der Waals surface area contributed by atoms with Crippen molar-refractivity contribution in [2.24, 2.45) is 0 Å². The number of hydrogen-bond acceptors (Lipinski definition) is 2. The molecule has 0 fully saturated rings. The third-order valence-electron chi connectivity index (χ3n) is 2.28. The van der Waals surface area contributed by atoms with Crippen molar-refractivity contribution in [3.63, 3.8) is 0 Å². The van der Waals surface area contributed by atoms with Crippen molar-refractivity contribution in [1.82, 2.24) is 0 Å². The molecule has 0 aromatic heterocycles. The lowest BCUT2D eigenvalue weighted by Gasteiger charge is -2.02. The summed E-state index contributed by atoms with van der Waals surface area (Å²) < 4.78 is 1.04. The first-order valence-electron chi connectivity index (χ1n) is 5.47. The van der Waals surface area contributed by atoms with E-state index in [0.717, 1.165) is 26.4 Å². The monoisotopic (exact) mass is 317 g/mol. The number of hydrogen-bond donors (Lipinski definition) is 1. The molecule has 90 valence electrons. The molecule has 0 amide bonds. The number of halogens is 1. The van der Waals surface area contributed by atoms with Gasteiger partial charge in [-0.25, -0.2) is 0 Å². The van der Waals surface area contributed by atoms with Gasteiger partial charge in [-0.2, -0.15) is 0 Å². The molecule has 0 aliphatic rings. The van der Waals surface area contributed by atoms with Crippen LogP contribution in [0.2, 0.25) is 0 Å². The first-order chi connectivity index (χ1) is 8.75. The quantitative estimate of drug-likeness (QED) is 0.511. The van der Waals surface area contributed by atoms with Crippen LogP contribution in [-0.4, -0.2) is 5.75 Å². The summed E-state index contributed by atoms with van der Waals surface area (Å²) in [6.45, 7) is 0. The number of nitrogen functional groups attached to an aromatic ring is 1. The van der Waals surface area contributed by atoms with Crippen LogP contribution in [0.25, 0.3) is 0 Å². The lowest BCUT2D eigenvalue weighted by molar-refractivity contribution is 1.43. The second-order valence-electron chi connectivity index (χ2n) is 3.64. The molecule has 2 rings (SSSR count). The summed E-state index contributed by atoms with van der Waals surface area (Å²) in [6, 6.07) is 15.8. The van der Waals surface area contributed by atoms with E-state index in [0.29, 0.717) is 0 Å². The van der Waals surface area contributed by atoms with E-state index in [1.54, 1.807) is 11.8 Å². The minimum atomic E-state index is 0.732. The molecule has 2 aromatic carbocycles. The van der Waals surface area contributed by atoms with Gasteiger partial charge in [-0.15, -0.1) is 11.8 Å². The summed E-state index contributed by atoms with van der Waals surface area (Å²) in [5, 5.41) is 0. The summed E-state index contributed by atoms with van der Waals surface area (Å²) in [5.74, 6) is 7.00. The maximum atomic E-state index is 5.89. The predicted octanol–water partition coefficient (Wildman–Crippen LogP) is 4.18. The third kappa shape index (κ3) is 3.83. The summed E-state index contributed by atoms with van der Waals surface area (Å²) >= 11 is 5.09. The van der Waals surface area contributed by atoms with Gasteiger partial charge in [0.2, 0.25) is 0 Å². The number of nitrogens with two attached hydrogens (primary N) is 1. The summed E-state index contributed by atoms with van der Waals surface area (Å²) in [6.07, 6.45) is 0. The molecule has 0 unspecified atom stereocenters. The molecule has 0 saturated heterocycles. The Morgan fingerprint density at radius 2 is 1.89 bits per heavy atom. The Hall–Kier alpha value is -1.37. The van der Waals surface area contributed by atoms with Crippen molar-refractivity contribution < 1.29 is 0 Å². The molecule has 18 heavy (non-hydrogen) atoms. The van der Waals surface area contributed by atoms with Crippen LogP contribution in [0, 0.1) is 11.8 Å². The lowest BCUT2D eigenvalue weighted by Crippen LogP contribution is -1.88. The van der Waals surface area contributed by atoms with Crippen LogP contribution >= 0.6 is 27.7 Å². The largest absolute Gasteiger partial charge is 0.398 e. The molecule has 0 spiro atoms. The molecule has 0 aliphatic carbocycles. The van der Waals surface area contributed by atoms with E-state index in [9.17, 15) is 0 Å². The molecular weight excluding hydrogens is 306 g/mol. The van der Waals surface area contributed by atoms with Gasteiger partial charge in [-0.3, -0.25) is 0 Å². The van der Waals surface area contributed by atoms with E-state index in [-0.39, 0.29) is 0 Å². The van der Waals surface area contributed by atoms with Gasteiger partial charge in [0.25, 0.3) is 0 Å². The van der Waals surface area contributed by atoms with Crippen molar-refractivity contribution >= 4 is 33.4 Å². The van der Waals surface area contributed by atoms with Crippen molar-refractivity contribution in [2.75, 3.05) is 11.5 Å². The van der Waals surface area contributed by atoms with Gasteiger partial charge in [-0.1, -0.05) is 46.0 Å². The second-order valence-corrected chi connectivity index (χ2v) is 5.57. The molecule has 2 N–H and O–H groups in total. The topological polar surface area (TPSA) is 26.0 Å². The van der Waals surface area contributed by atoms with Gasteiger partial charge in [-0.05, 0) is 30.3 Å². The number of benzene rings is 2. The average molecular weight is 318 g/mol. The molecule has 3 heteroatoms. The highest BCUT2D eigenvalue weighted by molar-refractivity contribution is 9.10. The van der Waals surface area contributed by atoms with Crippen LogP contribution in [0.4, 0.5) is 5.69 Å². The van der Waals surface area contributed by atoms with E-state index in [4.69, 9.17) is 5.73 Å². The van der Waals surface area contributed by atoms with Crippen molar-refractivity contribution in [1.29, 1.82) is 0 Å². The zero-order valence-corrected chi connectivity index (χ0v) is 12.1. The van der Waals surface area contributed by atoms with E-state index >= 15 is 0 Å². The highest BCUT2D eigenvalue weighted by Crippen LogP contribution is 2.27. The Balaban J connectivity index is 1.97. The first kappa shape index (κ1) is 13.1. The van der Waals surface area contributed by atoms with Gasteiger partial charge in [0.1, 0.15) is 0 Å². The Labute approximate surface area is 120 Å². The highest BCUT2D eigenvalue weighted by atomic mass is 79.9. The predicted molar refractivity (Wildman–Crippen MR) is 82.6 cm³/mol. The average Bonchev–Trinajstić information content (AvgIpc) is 2.40. The Morgan fingerprint density at radius 1 is 1.11 bits per heavy atom. The van der Waals surface area contributed by atoms with Crippen molar-refractivity contribution in [3.05, 3.63) is 58.6 Å². The van der Waals surface area contributed by atoms with Crippen LogP contribution < -0.4 is 5.73 Å². The summed E-state index contributed by atoms with van der Waals surface area (Å²) in [5.41, 5.74) is 7.73. The fourth-order valence-electron chi connectivity index (χ4n) is 1.41. The van der Waals surface area contributed by atoms with Crippen molar-refractivity contribution in [3.8, 4) is 11.8 Å². The van der Waals surface area contributed by atoms with Gasteiger partial charge in [0, 0.05) is 20.6 Å². The molecule has 0 heterocycles. The Kier molecular flexibility index (Phi) is 4.74. The van der Waals surface area contributed by atoms with Gasteiger partial charge in [0.15, 0.2) is 0 Å². The minimum Gasteiger partial charge on any atom is -0.398 e. The maximum absolute atomic E-state index is 5.89. The minimum absolute atomic E-state index is 0.732. The van der Waals surface area contributed by atoms with Crippen molar-refractivity contribution in [2.45, 2.75) is 4.90 Å². The lowest BCUT2D eigenvalue weighted by atomic mass is 10.2. The van der Waals surface area contributed by atoms with Gasteiger partial charge >= 0.3 is 0 Å². The molecule has 2 aromatic rings. The zero-order chi connectivity index (χ0) is 12.8. The molecular formula is C15H12BrNS. The van der Waals surface area contributed by atoms with E-state index in [1.165, 1.54) is 0 Å². The van der Waals surface area contributed by atoms with Crippen LogP contribution in [0.1, 0.15) is 5.56 Å². The van der Waals surface area contributed by atoms with E-state index < -0.39 is 0 Å². The number of rotatable bonds is 2. The standard InChI is InChI=1S/C15H12BrNS/c16-13-8-9-14(17)15(11-13)18-10-4-7-12-5-2-1-3-6-12/h1-3,5-6,8-9,11H,10,17H2. The summed E-state index contributed by atoms with van der Waals surface area (Å²) in [4.78, 5) is 1.06. The smallest absolute Gasteiger partial charge is 0.0599 e. The zero-order valence-electron chi connectivity index (χ0n) is 9.69. The fourth-order valence-corrected chi connectivity index (χ4v) is 2.66. The molecule has 0 bridgehead atoms. The second kappa shape index (κ2) is 6.53. The van der Waals surface area contributed by atoms with Crippen LogP contribution in [0.3, 0.4) is 0 Å². The maximum Gasteiger partial charge on any atom is 0.0599 e. The molecule has 0 saturated carbocycles. The van der Waals surface area contributed by atoms with Crippen LogP contribution in [-0.2, 0) is 0 Å². The third-order valence-corrected chi connectivity index (χ3v) is 3.73. The fraction of sp³-hybridized carbons (Fsp3) is 0.0667. The molecule has 0 radical (unpaired) electrons. The number of thioether (sulfide) groups is 1. The van der Waals surface area contributed by atoms with Gasteiger partial charge in [0.05, 0.1) is 5.75 Å².